The Morgan fingerprint density at radius 1 is 1.32 bits per heavy atom. The molecule has 8 nitrogen and oxygen atoms in total. The minimum Gasteiger partial charge on any atom is -0.493 e. The van der Waals surface area contributed by atoms with Crippen molar-refractivity contribution in [3.05, 3.63) is 28.7 Å². The largest absolute Gasteiger partial charge is 0.493 e. The maximum Gasteiger partial charge on any atom is 0.279 e. The molecule has 0 aliphatic heterocycles. The minimum absolute atomic E-state index is 0.0691. The van der Waals surface area contributed by atoms with Gasteiger partial charge in [-0.25, -0.2) is 4.68 Å². The molecule has 0 saturated carbocycles. The van der Waals surface area contributed by atoms with Crippen molar-refractivity contribution in [2.45, 2.75) is 26.4 Å². The van der Waals surface area contributed by atoms with E-state index in [0.29, 0.717) is 22.3 Å². The molecule has 0 fully saturated rings. The van der Waals surface area contributed by atoms with Crippen LogP contribution in [0.5, 0.6) is 11.5 Å². The Bertz CT molecular complexity index is 816. The van der Waals surface area contributed by atoms with Gasteiger partial charge >= 0.3 is 0 Å². The lowest BCUT2D eigenvalue weighted by Gasteiger charge is -2.20. The van der Waals surface area contributed by atoms with Gasteiger partial charge in [-0.1, -0.05) is 13.8 Å². The molecule has 1 heterocycles. The van der Waals surface area contributed by atoms with Crippen LogP contribution in [0.4, 0.5) is 0 Å². The number of ether oxygens (including phenoxy) is 2. The van der Waals surface area contributed by atoms with Gasteiger partial charge in [0, 0.05) is 5.39 Å². The van der Waals surface area contributed by atoms with Crippen LogP contribution >= 0.6 is 0 Å². The third kappa shape index (κ3) is 3.90. The molecule has 1 amide bonds. The van der Waals surface area contributed by atoms with E-state index >= 15 is 0 Å². The average Bonchev–Trinajstić information content (AvgIpc) is 2.60. The Morgan fingerprint density at radius 2 is 2.04 bits per heavy atom. The third-order valence-electron chi connectivity index (χ3n) is 4.00. The van der Waals surface area contributed by atoms with Crippen molar-refractivity contribution in [3.63, 3.8) is 0 Å². The maximum absolute atomic E-state index is 12.7. The maximum atomic E-state index is 12.7. The molecule has 0 spiro atoms. The monoisotopic (exact) mass is 349 g/mol. The molecule has 0 aliphatic rings. The number of nitrogens with zero attached hydrogens (tertiary/aromatic N) is 2. The number of aromatic nitrogens is 2. The van der Waals surface area contributed by atoms with Gasteiger partial charge in [0.05, 0.1) is 38.5 Å². The normalized spacial score (nSPS) is 12.2. The highest BCUT2D eigenvalue weighted by Gasteiger charge is 2.18. The number of carbonyl (C=O) groups excluding carboxylic acids is 1. The van der Waals surface area contributed by atoms with Gasteiger partial charge in [0.15, 0.2) is 11.5 Å². The zero-order valence-electron chi connectivity index (χ0n) is 14.8. The number of fused-ring (bicyclic) bond motifs is 1. The molecule has 0 saturated heterocycles. The van der Waals surface area contributed by atoms with Crippen molar-refractivity contribution in [1.82, 2.24) is 15.1 Å². The van der Waals surface area contributed by atoms with Crippen molar-refractivity contribution in [2.24, 2.45) is 5.92 Å². The minimum atomic E-state index is -0.450. The molecule has 1 aromatic heterocycles. The van der Waals surface area contributed by atoms with Crippen LogP contribution in [-0.2, 0) is 11.3 Å². The molecular weight excluding hydrogens is 326 g/mol. The third-order valence-corrected chi connectivity index (χ3v) is 4.00. The van der Waals surface area contributed by atoms with Gasteiger partial charge in [0.25, 0.3) is 5.56 Å². The van der Waals surface area contributed by atoms with E-state index in [4.69, 9.17) is 9.47 Å². The molecule has 2 aromatic rings. The second-order valence-electron chi connectivity index (χ2n) is 5.97. The fourth-order valence-corrected chi connectivity index (χ4v) is 2.51. The molecule has 0 bridgehead atoms. The van der Waals surface area contributed by atoms with Crippen LogP contribution in [0, 0.1) is 5.92 Å². The van der Waals surface area contributed by atoms with Crippen LogP contribution in [0.3, 0.4) is 0 Å². The number of rotatable bonds is 7. The van der Waals surface area contributed by atoms with E-state index in [1.54, 1.807) is 12.1 Å². The van der Waals surface area contributed by atoms with E-state index in [-0.39, 0.29) is 25.1 Å². The SMILES string of the molecule is COc1ccc2cnn(CC(=O)N[C@H](CO)C(C)C)c(=O)c2c1OC. The van der Waals surface area contributed by atoms with Crippen molar-refractivity contribution in [1.29, 1.82) is 0 Å². The highest BCUT2D eigenvalue weighted by atomic mass is 16.5. The Kier molecular flexibility index (Phi) is 5.97. The van der Waals surface area contributed by atoms with Crippen molar-refractivity contribution in [3.8, 4) is 11.5 Å². The summed E-state index contributed by atoms with van der Waals surface area (Å²) in [6.45, 7) is 3.35. The van der Waals surface area contributed by atoms with Crippen LogP contribution < -0.4 is 20.3 Å². The molecule has 8 heteroatoms. The van der Waals surface area contributed by atoms with Gasteiger partial charge in [-0.15, -0.1) is 0 Å². The number of nitrogens with one attached hydrogen (secondary N) is 1. The van der Waals surface area contributed by atoms with E-state index in [2.05, 4.69) is 10.4 Å². The number of benzene rings is 1. The van der Waals surface area contributed by atoms with E-state index in [1.165, 1.54) is 20.4 Å². The van der Waals surface area contributed by atoms with Gasteiger partial charge in [-0.3, -0.25) is 9.59 Å². The number of amides is 1. The van der Waals surface area contributed by atoms with Crippen LogP contribution in [0.2, 0.25) is 0 Å². The number of aliphatic hydroxyl groups is 1. The Labute approximate surface area is 145 Å². The number of carbonyl (C=O) groups is 1. The number of aliphatic hydroxyl groups excluding tert-OH is 1. The van der Waals surface area contributed by atoms with Gasteiger partial charge in [0.1, 0.15) is 6.54 Å². The van der Waals surface area contributed by atoms with E-state index in [0.717, 1.165) is 4.68 Å². The first-order chi connectivity index (χ1) is 11.9. The highest BCUT2D eigenvalue weighted by Crippen LogP contribution is 2.32. The summed E-state index contributed by atoms with van der Waals surface area (Å²) >= 11 is 0. The second-order valence-corrected chi connectivity index (χ2v) is 5.97. The second kappa shape index (κ2) is 7.98. The summed E-state index contributed by atoms with van der Waals surface area (Å²) in [5, 5.41) is 16.9. The van der Waals surface area contributed by atoms with E-state index in [9.17, 15) is 14.7 Å². The smallest absolute Gasteiger partial charge is 0.279 e. The quantitative estimate of drug-likeness (QED) is 0.757. The number of methoxy groups -OCH3 is 2. The number of hydrogen-bond donors (Lipinski definition) is 2. The van der Waals surface area contributed by atoms with E-state index in [1.807, 2.05) is 13.8 Å². The lowest BCUT2D eigenvalue weighted by molar-refractivity contribution is -0.123. The lowest BCUT2D eigenvalue weighted by Crippen LogP contribution is -2.44. The van der Waals surface area contributed by atoms with Crippen molar-refractivity contribution in [2.75, 3.05) is 20.8 Å². The van der Waals surface area contributed by atoms with Crippen molar-refractivity contribution < 1.29 is 19.4 Å². The number of hydrogen-bond acceptors (Lipinski definition) is 6. The molecule has 136 valence electrons. The summed E-state index contributed by atoms with van der Waals surface area (Å²) in [4.78, 5) is 24.9. The van der Waals surface area contributed by atoms with Gasteiger partial charge in [-0.2, -0.15) is 5.10 Å². The Balaban J connectivity index is 2.38. The molecule has 0 aliphatic carbocycles. The summed E-state index contributed by atoms with van der Waals surface area (Å²) < 4.78 is 11.6. The first-order valence-corrected chi connectivity index (χ1v) is 7.94. The first kappa shape index (κ1) is 18.7. The summed E-state index contributed by atoms with van der Waals surface area (Å²) in [5.41, 5.74) is -0.450. The van der Waals surface area contributed by atoms with Gasteiger partial charge < -0.3 is 19.9 Å². The summed E-state index contributed by atoms with van der Waals surface area (Å²) in [5.74, 6) is 0.398. The highest BCUT2D eigenvalue weighted by molar-refractivity contribution is 5.89. The molecule has 2 N–H and O–H groups in total. The predicted octanol–water partition coefficient (Wildman–Crippen LogP) is 0.547. The molecule has 1 atom stereocenters. The van der Waals surface area contributed by atoms with Crippen molar-refractivity contribution >= 4 is 16.7 Å². The fraction of sp³-hybridized carbons (Fsp3) is 0.471. The zero-order valence-corrected chi connectivity index (χ0v) is 14.8. The first-order valence-electron chi connectivity index (χ1n) is 7.94. The fourth-order valence-electron chi connectivity index (χ4n) is 2.51. The summed E-state index contributed by atoms with van der Waals surface area (Å²) in [6, 6.07) is 3.02. The van der Waals surface area contributed by atoms with E-state index < -0.39 is 11.5 Å². The predicted molar refractivity (Wildman–Crippen MR) is 93.0 cm³/mol. The van der Waals surface area contributed by atoms with Crippen LogP contribution in [0.1, 0.15) is 13.8 Å². The molecule has 0 unspecified atom stereocenters. The molecular formula is C17H23N3O5. The zero-order chi connectivity index (χ0) is 18.6. The molecule has 2 rings (SSSR count). The lowest BCUT2D eigenvalue weighted by atomic mass is 10.1. The van der Waals surface area contributed by atoms with Crippen LogP contribution in [0.15, 0.2) is 23.1 Å². The topological polar surface area (TPSA) is 103 Å². The Morgan fingerprint density at radius 3 is 2.60 bits per heavy atom. The standard InChI is InChI=1S/C17H23N3O5/c1-10(2)12(9-21)19-14(22)8-20-17(23)15-11(7-18-20)5-6-13(24-3)16(15)25-4/h5-7,10,12,21H,8-9H2,1-4H3,(H,19,22)/t12-/m1/s1. The summed E-state index contributed by atoms with van der Waals surface area (Å²) in [7, 11) is 2.93. The Hall–Kier alpha value is -2.61. The molecule has 1 aromatic carbocycles. The van der Waals surface area contributed by atoms with Gasteiger partial charge in [-0.05, 0) is 18.1 Å². The van der Waals surface area contributed by atoms with Crippen LogP contribution in [0.25, 0.3) is 10.8 Å². The average molecular weight is 349 g/mol. The van der Waals surface area contributed by atoms with Crippen LogP contribution in [-0.4, -0.2) is 47.7 Å². The van der Waals surface area contributed by atoms with Gasteiger partial charge in [0.2, 0.25) is 5.91 Å². The summed E-state index contributed by atoms with van der Waals surface area (Å²) in [6.07, 6.45) is 1.50. The molecule has 25 heavy (non-hydrogen) atoms. The molecule has 0 radical (unpaired) electrons.